The Morgan fingerprint density at radius 2 is 1.88 bits per heavy atom. The third-order valence-corrected chi connectivity index (χ3v) is 4.03. The van der Waals surface area contributed by atoms with Gasteiger partial charge in [-0.25, -0.2) is 0 Å². The van der Waals surface area contributed by atoms with Crippen LogP contribution in [0.4, 0.5) is 0 Å². The van der Waals surface area contributed by atoms with Crippen LogP contribution in [0.3, 0.4) is 0 Å². The number of aryl methyl sites for hydroxylation is 2. The first-order valence-corrected chi connectivity index (χ1v) is 6.63. The van der Waals surface area contributed by atoms with Crippen molar-refractivity contribution in [1.82, 2.24) is 0 Å². The van der Waals surface area contributed by atoms with Crippen molar-refractivity contribution < 1.29 is 0 Å². The molecule has 2 N–H and O–H groups in total. The standard InChI is InChI=1S/C15H23N/c1-3-11-8-9-14(10-12(11)4-2)15(16)13-6-5-7-13/h8-10,13,15H,3-7,16H2,1-2H3. The number of benzene rings is 1. The molecule has 1 aliphatic carbocycles. The van der Waals surface area contributed by atoms with Gasteiger partial charge in [-0.3, -0.25) is 0 Å². The van der Waals surface area contributed by atoms with E-state index in [0.29, 0.717) is 0 Å². The van der Waals surface area contributed by atoms with E-state index < -0.39 is 0 Å². The largest absolute Gasteiger partial charge is 0.324 e. The molecule has 0 aromatic heterocycles. The third-order valence-electron chi connectivity index (χ3n) is 4.03. The number of rotatable bonds is 4. The Morgan fingerprint density at radius 1 is 1.19 bits per heavy atom. The lowest BCUT2D eigenvalue weighted by atomic mass is 9.77. The first-order chi connectivity index (χ1) is 7.76. The van der Waals surface area contributed by atoms with Crippen molar-refractivity contribution in [3.8, 4) is 0 Å². The lowest BCUT2D eigenvalue weighted by Gasteiger charge is -2.31. The first kappa shape index (κ1) is 11.7. The van der Waals surface area contributed by atoms with Gasteiger partial charge in [-0.05, 0) is 48.3 Å². The molecule has 0 radical (unpaired) electrons. The van der Waals surface area contributed by atoms with Gasteiger partial charge >= 0.3 is 0 Å². The Kier molecular flexibility index (Phi) is 3.65. The van der Waals surface area contributed by atoms with Crippen molar-refractivity contribution in [2.75, 3.05) is 0 Å². The molecule has 0 heterocycles. The van der Waals surface area contributed by atoms with Gasteiger partial charge in [0.15, 0.2) is 0 Å². The molecule has 1 aromatic rings. The molecule has 0 spiro atoms. The number of nitrogens with two attached hydrogens (primary N) is 1. The predicted molar refractivity (Wildman–Crippen MR) is 69.5 cm³/mol. The maximum absolute atomic E-state index is 6.32. The Balaban J connectivity index is 2.20. The zero-order chi connectivity index (χ0) is 11.5. The number of hydrogen-bond acceptors (Lipinski definition) is 1. The van der Waals surface area contributed by atoms with Crippen LogP contribution in [0.25, 0.3) is 0 Å². The molecule has 1 aliphatic rings. The van der Waals surface area contributed by atoms with E-state index >= 15 is 0 Å². The van der Waals surface area contributed by atoms with Crippen LogP contribution in [-0.4, -0.2) is 0 Å². The number of hydrogen-bond donors (Lipinski definition) is 1. The summed E-state index contributed by atoms with van der Waals surface area (Å²) in [5, 5.41) is 0. The smallest absolute Gasteiger partial charge is 0.0323 e. The van der Waals surface area contributed by atoms with Crippen molar-refractivity contribution in [2.45, 2.75) is 52.0 Å². The molecular weight excluding hydrogens is 194 g/mol. The minimum absolute atomic E-state index is 0.268. The summed E-state index contributed by atoms with van der Waals surface area (Å²) in [6.07, 6.45) is 6.25. The highest BCUT2D eigenvalue weighted by Gasteiger charge is 2.25. The molecule has 1 saturated carbocycles. The van der Waals surface area contributed by atoms with Crippen LogP contribution in [0.15, 0.2) is 18.2 Å². The van der Waals surface area contributed by atoms with E-state index in [2.05, 4.69) is 32.0 Å². The second-order valence-corrected chi connectivity index (χ2v) is 4.95. The lowest BCUT2D eigenvalue weighted by molar-refractivity contribution is 0.264. The molecule has 1 fully saturated rings. The second kappa shape index (κ2) is 5.01. The van der Waals surface area contributed by atoms with Gasteiger partial charge in [0.2, 0.25) is 0 Å². The molecular formula is C15H23N. The van der Waals surface area contributed by atoms with E-state index in [1.54, 1.807) is 0 Å². The van der Waals surface area contributed by atoms with E-state index in [4.69, 9.17) is 5.73 Å². The van der Waals surface area contributed by atoms with Crippen LogP contribution in [0, 0.1) is 5.92 Å². The highest BCUT2D eigenvalue weighted by atomic mass is 14.7. The van der Waals surface area contributed by atoms with Gasteiger partial charge in [0.1, 0.15) is 0 Å². The SMILES string of the molecule is CCc1ccc(C(N)C2CCC2)cc1CC. The van der Waals surface area contributed by atoms with Crippen molar-refractivity contribution in [3.63, 3.8) is 0 Å². The molecule has 0 amide bonds. The molecule has 16 heavy (non-hydrogen) atoms. The second-order valence-electron chi connectivity index (χ2n) is 4.95. The average Bonchev–Trinajstić information content (AvgIpc) is 2.25. The van der Waals surface area contributed by atoms with Gasteiger partial charge in [-0.2, -0.15) is 0 Å². The molecule has 88 valence electrons. The topological polar surface area (TPSA) is 26.0 Å². The Bertz CT molecular complexity index is 352. The molecule has 2 rings (SSSR count). The fourth-order valence-corrected chi connectivity index (χ4v) is 2.60. The van der Waals surface area contributed by atoms with E-state index in [1.165, 1.54) is 36.0 Å². The van der Waals surface area contributed by atoms with Crippen LogP contribution in [-0.2, 0) is 12.8 Å². The summed E-state index contributed by atoms with van der Waals surface area (Å²) < 4.78 is 0. The zero-order valence-corrected chi connectivity index (χ0v) is 10.5. The van der Waals surface area contributed by atoms with E-state index in [0.717, 1.165) is 18.8 Å². The first-order valence-electron chi connectivity index (χ1n) is 6.63. The summed E-state index contributed by atoms with van der Waals surface area (Å²) in [6, 6.07) is 7.11. The minimum Gasteiger partial charge on any atom is -0.324 e. The van der Waals surface area contributed by atoms with Gasteiger partial charge in [-0.1, -0.05) is 38.5 Å². The van der Waals surface area contributed by atoms with Crippen molar-refractivity contribution in [3.05, 3.63) is 34.9 Å². The summed E-state index contributed by atoms with van der Waals surface area (Å²) >= 11 is 0. The van der Waals surface area contributed by atoms with Crippen molar-refractivity contribution in [2.24, 2.45) is 11.7 Å². The Morgan fingerprint density at radius 3 is 2.38 bits per heavy atom. The molecule has 1 heteroatoms. The monoisotopic (exact) mass is 217 g/mol. The average molecular weight is 217 g/mol. The van der Waals surface area contributed by atoms with Gasteiger partial charge in [-0.15, -0.1) is 0 Å². The summed E-state index contributed by atoms with van der Waals surface area (Å²) in [6.45, 7) is 4.45. The Hall–Kier alpha value is -0.820. The third kappa shape index (κ3) is 2.15. The van der Waals surface area contributed by atoms with Gasteiger partial charge < -0.3 is 5.73 Å². The summed E-state index contributed by atoms with van der Waals surface area (Å²) in [4.78, 5) is 0. The molecule has 1 atom stereocenters. The van der Waals surface area contributed by atoms with Crippen LogP contribution in [0.2, 0.25) is 0 Å². The summed E-state index contributed by atoms with van der Waals surface area (Å²) in [5.74, 6) is 0.734. The van der Waals surface area contributed by atoms with Gasteiger partial charge in [0, 0.05) is 6.04 Å². The molecule has 0 bridgehead atoms. The van der Waals surface area contributed by atoms with Gasteiger partial charge in [0.25, 0.3) is 0 Å². The predicted octanol–water partition coefficient (Wildman–Crippen LogP) is 3.61. The summed E-state index contributed by atoms with van der Waals surface area (Å²) in [5.41, 5.74) is 10.6. The molecule has 0 saturated heterocycles. The van der Waals surface area contributed by atoms with Crippen LogP contribution >= 0.6 is 0 Å². The van der Waals surface area contributed by atoms with Crippen LogP contribution < -0.4 is 5.73 Å². The van der Waals surface area contributed by atoms with E-state index in [1.807, 2.05) is 0 Å². The highest BCUT2D eigenvalue weighted by Crippen LogP contribution is 2.36. The minimum atomic E-state index is 0.268. The molecule has 0 aliphatic heterocycles. The lowest BCUT2D eigenvalue weighted by Crippen LogP contribution is -2.26. The van der Waals surface area contributed by atoms with E-state index in [9.17, 15) is 0 Å². The Labute approximate surface area is 99.0 Å². The molecule has 1 nitrogen and oxygen atoms in total. The maximum atomic E-state index is 6.32. The zero-order valence-electron chi connectivity index (χ0n) is 10.5. The fraction of sp³-hybridized carbons (Fsp3) is 0.600. The van der Waals surface area contributed by atoms with Gasteiger partial charge in [0.05, 0.1) is 0 Å². The van der Waals surface area contributed by atoms with Crippen molar-refractivity contribution in [1.29, 1.82) is 0 Å². The van der Waals surface area contributed by atoms with Crippen molar-refractivity contribution >= 4 is 0 Å². The molecule has 1 unspecified atom stereocenters. The quantitative estimate of drug-likeness (QED) is 0.819. The molecule has 1 aromatic carbocycles. The summed E-state index contributed by atoms with van der Waals surface area (Å²) in [7, 11) is 0. The van der Waals surface area contributed by atoms with Crippen LogP contribution in [0.1, 0.15) is 55.8 Å². The fourth-order valence-electron chi connectivity index (χ4n) is 2.60. The van der Waals surface area contributed by atoms with Crippen LogP contribution in [0.5, 0.6) is 0 Å². The highest BCUT2D eigenvalue weighted by molar-refractivity contribution is 5.34. The normalized spacial score (nSPS) is 18.2. The maximum Gasteiger partial charge on any atom is 0.0323 e. The van der Waals surface area contributed by atoms with E-state index in [-0.39, 0.29) is 6.04 Å².